The van der Waals surface area contributed by atoms with E-state index in [-0.39, 0.29) is 17.3 Å². The van der Waals surface area contributed by atoms with Crippen LogP contribution in [-0.4, -0.2) is 63.4 Å². The van der Waals surface area contributed by atoms with Gasteiger partial charge in [-0.3, -0.25) is 4.79 Å². The van der Waals surface area contributed by atoms with Crippen molar-refractivity contribution in [1.29, 1.82) is 0 Å². The summed E-state index contributed by atoms with van der Waals surface area (Å²) in [6, 6.07) is 7.21. The Bertz CT molecular complexity index is 706. The van der Waals surface area contributed by atoms with Gasteiger partial charge in [0.2, 0.25) is 15.9 Å². The van der Waals surface area contributed by atoms with Crippen molar-refractivity contribution in [2.24, 2.45) is 0 Å². The second-order valence-corrected chi connectivity index (χ2v) is 9.20. The molecule has 144 valence electrons. The lowest BCUT2D eigenvalue weighted by atomic mass is 9.84. The number of likely N-dealkylation sites (N-methyl/N-ethyl adjacent to an activating group) is 1. The summed E-state index contributed by atoms with van der Waals surface area (Å²) in [4.78, 5) is 14.2. The number of morpholine rings is 1. The van der Waals surface area contributed by atoms with Gasteiger partial charge in [-0.25, -0.2) is 8.42 Å². The fraction of sp³-hybridized carbons (Fsp3) is 0.632. The standard InChI is InChI=1S/C19H28N2O4S/c1-20(15-19(22)21-11-13-25-14-12-21)26(23,24)18-9-7-17(8-10-18)16-5-3-2-4-6-16/h7-10,16H,2-6,11-15H2,1H3. The van der Waals surface area contributed by atoms with Gasteiger partial charge in [0.25, 0.3) is 0 Å². The third-order valence-electron chi connectivity index (χ3n) is 5.39. The molecule has 26 heavy (non-hydrogen) atoms. The summed E-state index contributed by atoms with van der Waals surface area (Å²) >= 11 is 0. The van der Waals surface area contributed by atoms with Crippen LogP contribution in [0.25, 0.3) is 0 Å². The third kappa shape index (κ3) is 4.45. The topological polar surface area (TPSA) is 66.9 Å². The van der Waals surface area contributed by atoms with Crippen LogP contribution in [0.2, 0.25) is 0 Å². The molecule has 2 fully saturated rings. The number of amides is 1. The fourth-order valence-corrected chi connectivity index (χ4v) is 4.84. The maximum atomic E-state index is 12.8. The van der Waals surface area contributed by atoms with Crippen LogP contribution in [-0.2, 0) is 19.6 Å². The predicted molar refractivity (Wildman–Crippen MR) is 99.5 cm³/mol. The number of benzene rings is 1. The lowest BCUT2D eigenvalue weighted by Gasteiger charge is -2.28. The Morgan fingerprint density at radius 1 is 1.12 bits per heavy atom. The Kier molecular flexibility index (Phi) is 6.32. The molecule has 0 bridgehead atoms. The smallest absolute Gasteiger partial charge is 0.243 e. The van der Waals surface area contributed by atoms with E-state index in [1.165, 1.54) is 44.7 Å². The molecule has 1 aromatic rings. The van der Waals surface area contributed by atoms with Gasteiger partial charge < -0.3 is 9.64 Å². The Labute approximate surface area is 156 Å². The van der Waals surface area contributed by atoms with Gasteiger partial charge in [-0.2, -0.15) is 4.31 Å². The van der Waals surface area contributed by atoms with Crippen molar-refractivity contribution < 1.29 is 17.9 Å². The summed E-state index contributed by atoms with van der Waals surface area (Å²) in [6.07, 6.45) is 6.15. The van der Waals surface area contributed by atoms with Crippen LogP contribution in [0.4, 0.5) is 0 Å². The zero-order valence-electron chi connectivity index (χ0n) is 15.4. The van der Waals surface area contributed by atoms with E-state index in [9.17, 15) is 13.2 Å². The first-order valence-corrected chi connectivity index (χ1v) is 10.8. The zero-order valence-corrected chi connectivity index (χ0v) is 16.2. The number of nitrogens with zero attached hydrogens (tertiary/aromatic N) is 2. The second kappa shape index (κ2) is 8.50. The number of carbonyl (C=O) groups excluding carboxylic acids is 1. The van der Waals surface area contributed by atoms with E-state index in [2.05, 4.69) is 0 Å². The van der Waals surface area contributed by atoms with E-state index in [0.29, 0.717) is 32.2 Å². The van der Waals surface area contributed by atoms with Crippen molar-refractivity contribution in [1.82, 2.24) is 9.21 Å². The molecule has 7 heteroatoms. The summed E-state index contributed by atoms with van der Waals surface area (Å²) in [5.41, 5.74) is 1.22. The van der Waals surface area contributed by atoms with Crippen LogP contribution < -0.4 is 0 Å². The van der Waals surface area contributed by atoms with Crippen LogP contribution in [0.3, 0.4) is 0 Å². The van der Waals surface area contributed by atoms with Crippen LogP contribution in [0.1, 0.15) is 43.6 Å². The molecule has 1 saturated heterocycles. The van der Waals surface area contributed by atoms with E-state index in [1.54, 1.807) is 17.0 Å². The van der Waals surface area contributed by atoms with Gasteiger partial charge in [-0.15, -0.1) is 0 Å². The van der Waals surface area contributed by atoms with Gasteiger partial charge in [0.05, 0.1) is 24.7 Å². The lowest BCUT2D eigenvalue weighted by Crippen LogP contribution is -2.46. The fourth-order valence-electron chi connectivity index (χ4n) is 3.72. The quantitative estimate of drug-likeness (QED) is 0.786. The Balaban J connectivity index is 1.65. The van der Waals surface area contributed by atoms with Crippen LogP contribution in [0.5, 0.6) is 0 Å². The zero-order chi connectivity index (χ0) is 18.6. The maximum Gasteiger partial charge on any atom is 0.243 e. The highest BCUT2D eigenvalue weighted by Gasteiger charge is 2.26. The lowest BCUT2D eigenvalue weighted by molar-refractivity contribution is -0.135. The Morgan fingerprint density at radius 2 is 1.73 bits per heavy atom. The molecule has 1 aliphatic heterocycles. The summed E-state index contributed by atoms with van der Waals surface area (Å²) in [6.45, 7) is 1.90. The average Bonchev–Trinajstić information content (AvgIpc) is 2.69. The first kappa shape index (κ1) is 19.3. The van der Waals surface area contributed by atoms with E-state index in [0.717, 1.165) is 4.31 Å². The SMILES string of the molecule is CN(CC(=O)N1CCOCC1)S(=O)(=O)c1ccc(C2CCCCC2)cc1. The van der Waals surface area contributed by atoms with Crippen molar-refractivity contribution >= 4 is 15.9 Å². The predicted octanol–water partition coefficient (Wildman–Crippen LogP) is 2.21. The van der Waals surface area contributed by atoms with Gasteiger partial charge in [0, 0.05) is 20.1 Å². The van der Waals surface area contributed by atoms with Crippen molar-refractivity contribution in [3.8, 4) is 0 Å². The Hall–Kier alpha value is -1.44. The van der Waals surface area contributed by atoms with E-state index >= 15 is 0 Å². The van der Waals surface area contributed by atoms with Crippen LogP contribution in [0, 0.1) is 0 Å². The average molecular weight is 381 g/mol. The Morgan fingerprint density at radius 3 is 2.35 bits per heavy atom. The summed E-state index contributed by atoms with van der Waals surface area (Å²) in [5, 5.41) is 0. The van der Waals surface area contributed by atoms with Crippen LogP contribution >= 0.6 is 0 Å². The molecule has 1 aliphatic carbocycles. The molecule has 1 amide bonds. The normalized spacial score (nSPS) is 19.7. The summed E-state index contributed by atoms with van der Waals surface area (Å²) < 4.78 is 31.9. The summed E-state index contributed by atoms with van der Waals surface area (Å²) in [5.74, 6) is 0.360. The molecule has 2 aliphatic rings. The van der Waals surface area contributed by atoms with Gasteiger partial charge in [-0.05, 0) is 36.5 Å². The van der Waals surface area contributed by atoms with Crippen molar-refractivity contribution in [3.05, 3.63) is 29.8 Å². The van der Waals surface area contributed by atoms with Gasteiger partial charge >= 0.3 is 0 Å². The van der Waals surface area contributed by atoms with Crippen LogP contribution in [0.15, 0.2) is 29.2 Å². The minimum Gasteiger partial charge on any atom is -0.378 e. The van der Waals surface area contributed by atoms with Crippen molar-refractivity contribution in [2.75, 3.05) is 39.9 Å². The van der Waals surface area contributed by atoms with Gasteiger partial charge in [0.1, 0.15) is 0 Å². The molecule has 6 nitrogen and oxygen atoms in total. The largest absolute Gasteiger partial charge is 0.378 e. The number of sulfonamides is 1. The minimum atomic E-state index is -3.67. The molecule has 1 aromatic carbocycles. The third-order valence-corrected chi connectivity index (χ3v) is 7.20. The highest BCUT2D eigenvalue weighted by molar-refractivity contribution is 7.89. The van der Waals surface area contributed by atoms with E-state index in [4.69, 9.17) is 4.74 Å². The second-order valence-electron chi connectivity index (χ2n) is 7.16. The van der Waals surface area contributed by atoms with E-state index in [1.807, 2.05) is 12.1 Å². The molecule has 0 N–H and O–H groups in total. The van der Waals surface area contributed by atoms with Gasteiger partial charge in [-0.1, -0.05) is 31.4 Å². The minimum absolute atomic E-state index is 0.146. The van der Waals surface area contributed by atoms with Gasteiger partial charge in [0.15, 0.2) is 0 Å². The first-order valence-electron chi connectivity index (χ1n) is 9.40. The highest BCUT2D eigenvalue weighted by Crippen LogP contribution is 2.33. The highest BCUT2D eigenvalue weighted by atomic mass is 32.2. The molecule has 1 heterocycles. The first-order chi connectivity index (χ1) is 12.5. The number of hydrogen-bond acceptors (Lipinski definition) is 4. The van der Waals surface area contributed by atoms with Crippen molar-refractivity contribution in [2.45, 2.75) is 42.9 Å². The number of hydrogen-bond donors (Lipinski definition) is 0. The van der Waals surface area contributed by atoms with Crippen molar-refractivity contribution in [3.63, 3.8) is 0 Å². The molecule has 0 spiro atoms. The summed E-state index contributed by atoms with van der Waals surface area (Å²) in [7, 11) is -2.20. The maximum absolute atomic E-state index is 12.8. The number of rotatable bonds is 5. The molecule has 1 saturated carbocycles. The molecule has 0 aromatic heterocycles. The number of ether oxygens (including phenoxy) is 1. The molecule has 0 unspecified atom stereocenters. The molecular weight excluding hydrogens is 352 g/mol. The molecule has 0 atom stereocenters. The van der Waals surface area contributed by atoms with E-state index < -0.39 is 10.0 Å². The molecule has 0 radical (unpaired) electrons. The monoisotopic (exact) mass is 380 g/mol. The number of carbonyl (C=O) groups is 1. The molecule has 3 rings (SSSR count). The molecular formula is C19H28N2O4S.